The van der Waals surface area contributed by atoms with E-state index in [1.165, 1.54) is 21.3 Å². The number of nitrogens with zero attached hydrogens (tertiary/aromatic N) is 3. The molecule has 2 aliphatic heterocycles. The van der Waals surface area contributed by atoms with E-state index in [9.17, 15) is 19.2 Å². The SMILES string of the molecule is C1CCOC1.C[C@@H](CCC(=O)c1ccncc1)NC(=O)OC(C)(C)C.C[C@H]1CCC(=O)N1C(=O)OC(C)(C)C.Ic1ccncc1. The first-order valence-corrected chi connectivity index (χ1v) is 16.7. The lowest BCUT2D eigenvalue weighted by Gasteiger charge is -2.25. The number of rotatable bonds is 5. The van der Waals surface area contributed by atoms with Crippen LogP contribution in [0.15, 0.2) is 49.1 Å². The predicted molar refractivity (Wildman–Crippen MR) is 185 cm³/mol. The molecule has 3 amide bonds. The molecule has 2 atom stereocenters. The van der Waals surface area contributed by atoms with Crippen LogP contribution < -0.4 is 5.32 Å². The number of aromatic nitrogens is 2. The van der Waals surface area contributed by atoms with Crippen molar-refractivity contribution in [3.8, 4) is 0 Å². The van der Waals surface area contributed by atoms with Crippen LogP contribution in [0.4, 0.5) is 9.59 Å². The summed E-state index contributed by atoms with van der Waals surface area (Å²) >= 11 is 2.24. The number of amides is 3. The van der Waals surface area contributed by atoms with E-state index in [-0.39, 0.29) is 23.8 Å². The normalized spacial score (nSPS) is 16.3. The third-order valence-corrected chi connectivity index (χ3v) is 6.83. The van der Waals surface area contributed by atoms with E-state index >= 15 is 0 Å². The van der Waals surface area contributed by atoms with Crippen molar-refractivity contribution in [2.45, 2.75) is 117 Å². The minimum absolute atomic E-state index is 0.0302. The number of hydrogen-bond acceptors (Lipinski definition) is 9. The standard InChI is InChI=1S/C15H22N2O3.C10H17NO3.C5H4IN.C4H8O/c1-11(17-14(19)20-15(2,3)4)5-6-13(18)12-7-9-16-10-8-12;1-7-5-6-8(12)11(7)9(13)14-10(2,3)4;6-5-1-3-7-4-2-5;1-2-4-5-3-1/h7-11H,5-6H2,1-4H3,(H,17,19);7H,5-6H2,1-4H3;1-4H;1-4H2/t11-;7-;;/m00../s1. The molecule has 1 N–H and O–H groups in total. The first-order valence-electron chi connectivity index (χ1n) is 15.6. The van der Waals surface area contributed by atoms with Gasteiger partial charge in [0, 0.05) is 72.1 Å². The molecule has 11 nitrogen and oxygen atoms in total. The highest BCUT2D eigenvalue weighted by Gasteiger charge is 2.35. The summed E-state index contributed by atoms with van der Waals surface area (Å²) in [6.07, 6.45) is 10.4. The van der Waals surface area contributed by atoms with Gasteiger partial charge in [-0.1, -0.05) is 0 Å². The van der Waals surface area contributed by atoms with Crippen molar-refractivity contribution < 1.29 is 33.4 Å². The third kappa shape index (κ3) is 19.4. The second kappa shape index (κ2) is 20.9. The monoisotopic (exact) mass is 754 g/mol. The predicted octanol–water partition coefficient (Wildman–Crippen LogP) is 7.37. The number of pyridine rings is 2. The molecule has 4 heterocycles. The molecule has 2 aromatic heterocycles. The molecular formula is C34H51IN4O7. The van der Waals surface area contributed by atoms with Crippen molar-refractivity contribution in [3.63, 3.8) is 0 Å². The topological polar surface area (TPSA) is 137 Å². The average molecular weight is 755 g/mol. The van der Waals surface area contributed by atoms with E-state index in [4.69, 9.17) is 14.2 Å². The molecule has 46 heavy (non-hydrogen) atoms. The molecule has 2 aliphatic rings. The molecular weight excluding hydrogens is 703 g/mol. The zero-order chi connectivity index (χ0) is 34.8. The van der Waals surface area contributed by atoms with Crippen molar-refractivity contribution in [1.29, 1.82) is 0 Å². The second-order valence-electron chi connectivity index (χ2n) is 12.9. The fraction of sp³-hybridized carbons (Fsp3) is 0.588. The molecule has 0 unspecified atom stereocenters. The Morgan fingerprint density at radius 1 is 0.957 bits per heavy atom. The van der Waals surface area contributed by atoms with Gasteiger partial charge in [-0.05, 0) is 128 Å². The zero-order valence-electron chi connectivity index (χ0n) is 28.5. The van der Waals surface area contributed by atoms with E-state index in [1.807, 2.05) is 46.8 Å². The minimum Gasteiger partial charge on any atom is -0.444 e. The molecule has 2 aromatic rings. The van der Waals surface area contributed by atoms with Gasteiger partial charge in [0.15, 0.2) is 5.78 Å². The number of carbonyl (C=O) groups excluding carboxylic acids is 4. The van der Waals surface area contributed by atoms with Gasteiger partial charge in [0.05, 0.1) is 0 Å². The Hall–Kier alpha value is -3.13. The van der Waals surface area contributed by atoms with Crippen LogP contribution in [0.5, 0.6) is 0 Å². The summed E-state index contributed by atoms with van der Waals surface area (Å²) in [6, 6.07) is 7.15. The van der Waals surface area contributed by atoms with Crippen LogP contribution in [0.25, 0.3) is 0 Å². The van der Waals surface area contributed by atoms with Gasteiger partial charge in [0.2, 0.25) is 5.91 Å². The molecule has 0 bridgehead atoms. The van der Waals surface area contributed by atoms with E-state index in [2.05, 4.69) is 37.9 Å². The van der Waals surface area contributed by atoms with Gasteiger partial charge in [0.25, 0.3) is 0 Å². The quantitative estimate of drug-likeness (QED) is 0.245. The van der Waals surface area contributed by atoms with Crippen LogP contribution in [0.1, 0.15) is 104 Å². The number of carbonyl (C=O) groups is 4. The average Bonchev–Trinajstić information content (AvgIpc) is 3.65. The van der Waals surface area contributed by atoms with Crippen LogP contribution in [-0.4, -0.2) is 75.2 Å². The number of halogens is 1. The van der Waals surface area contributed by atoms with Crippen LogP contribution in [0.2, 0.25) is 0 Å². The summed E-state index contributed by atoms with van der Waals surface area (Å²) in [5.74, 6) is -0.0861. The molecule has 0 spiro atoms. The maximum atomic E-state index is 11.9. The number of ketones is 1. The maximum absolute atomic E-state index is 11.9. The fourth-order valence-corrected chi connectivity index (χ4v) is 4.20. The Balaban J connectivity index is 0.000000347. The summed E-state index contributed by atoms with van der Waals surface area (Å²) in [5, 5.41) is 2.72. The van der Waals surface area contributed by atoms with Gasteiger partial charge in [-0.2, -0.15) is 0 Å². The van der Waals surface area contributed by atoms with Gasteiger partial charge in [-0.25, -0.2) is 14.5 Å². The Morgan fingerprint density at radius 3 is 1.87 bits per heavy atom. The molecule has 2 fully saturated rings. The van der Waals surface area contributed by atoms with E-state index in [0.717, 1.165) is 19.6 Å². The molecule has 12 heteroatoms. The van der Waals surface area contributed by atoms with Crippen molar-refractivity contribution >= 4 is 46.5 Å². The van der Waals surface area contributed by atoms with Crippen LogP contribution in [0, 0.1) is 3.57 Å². The number of likely N-dealkylation sites (tertiary alicyclic amines) is 1. The summed E-state index contributed by atoms with van der Waals surface area (Å²) in [5.41, 5.74) is -0.416. The third-order valence-electron chi connectivity index (χ3n) is 6.11. The van der Waals surface area contributed by atoms with Crippen LogP contribution in [-0.2, 0) is 19.0 Å². The number of ether oxygens (including phenoxy) is 3. The van der Waals surface area contributed by atoms with Gasteiger partial charge in [-0.3, -0.25) is 19.6 Å². The highest BCUT2D eigenvalue weighted by atomic mass is 127. The lowest BCUT2D eigenvalue weighted by Crippen LogP contribution is -2.41. The molecule has 0 aromatic carbocycles. The molecule has 0 saturated carbocycles. The lowest BCUT2D eigenvalue weighted by molar-refractivity contribution is -0.127. The first-order chi connectivity index (χ1) is 21.5. The van der Waals surface area contributed by atoms with E-state index < -0.39 is 23.4 Å². The number of Topliss-reactive ketones (excluding diaryl/α,β-unsaturated/α-hetero) is 1. The lowest BCUT2D eigenvalue weighted by atomic mass is 10.1. The van der Waals surface area contributed by atoms with E-state index in [0.29, 0.717) is 24.8 Å². The number of imide groups is 1. The first kappa shape index (κ1) is 40.9. The minimum atomic E-state index is -0.542. The van der Waals surface area contributed by atoms with Crippen molar-refractivity contribution in [1.82, 2.24) is 20.2 Å². The number of nitrogens with one attached hydrogen (secondary N) is 1. The molecule has 0 radical (unpaired) electrons. The van der Waals surface area contributed by atoms with Crippen LogP contribution >= 0.6 is 22.6 Å². The molecule has 2 saturated heterocycles. The molecule has 0 aliphatic carbocycles. The second-order valence-corrected chi connectivity index (χ2v) is 14.1. The van der Waals surface area contributed by atoms with Gasteiger partial charge in [-0.15, -0.1) is 0 Å². The van der Waals surface area contributed by atoms with Crippen molar-refractivity contribution in [2.75, 3.05) is 13.2 Å². The van der Waals surface area contributed by atoms with Crippen molar-refractivity contribution in [2.24, 2.45) is 0 Å². The maximum Gasteiger partial charge on any atom is 0.417 e. The Morgan fingerprint density at radius 2 is 1.48 bits per heavy atom. The fourth-order valence-electron chi connectivity index (χ4n) is 3.88. The highest BCUT2D eigenvalue weighted by Crippen LogP contribution is 2.21. The van der Waals surface area contributed by atoms with Crippen molar-refractivity contribution in [3.05, 3.63) is 58.2 Å². The van der Waals surface area contributed by atoms with E-state index in [1.54, 1.807) is 57.7 Å². The number of hydrogen-bond donors (Lipinski definition) is 1. The smallest absolute Gasteiger partial charge is 0.417 e. The van der Waals surface area contributed by atoms with Gasteiger partial charge >= 0.3 is 12.2 Å². The molecule has 4 rings (SSSR count). The zero-order valence-corrected chi connectivity index (χ0v) is 30.7. The summed E-state index contributed by atoms with van der Waals surface area (Å²) in [7, 11) is 0. The Labute approximate surface area is 287 Å². The summed E-state index contributed by atoms with van der Waals surface area (Å²) in [4.78, 5) is 55.3. The highest BCUT2D eigenvalue weighted by molar-refractivity contribution is 14.1. The summed E-state index contributed by atoms with van der Waals surface area (Å²) in [6.45, 7) is 16.5. The largest absolute Gasteiger partial charge is 0.444 e. The molecule has 256 valence electrons. The Bertz CT molecular complexity index is 1190. The Kier molecular flexibility index (Phi) is 18.6. The number of alkyl carbamates (subject to hydrolysis) is 1. The summed E-state index contributed by atoms with van der Waals surface area (Å²) < 4.78 is 16.5. The van der Waals surface area contributed by atoms with Gasteiger partial charge < -0.3 is 19.5 Å². The van der Waals surface area contributed by atoms with Gasteiger partial charge in [0.1, 0.15) is 11.2 Å². The van der Waals surface area contributed by atoms with Crippen LogP contribution in [0.3, 0.4) is 0 Å².